The number of hydrogen-bond donors (Lipinski definition) is 2. The molecule has 2 atom stereocenters. The molecule has 0 aliphatic carbocycles. The van der Waals surface area contributed by atoms with Crippen molar-refractivity contribution in [3.8, 4) is 10.4 Å². The molecule has 2 N–H and O–H groups in total. The van der Waals surface area contributed by atoms with Gasteiger partial charge >= 0.3 is 0 Å². The summed E-state index contributed by atoms with van der Waals surface area (Å²) in [4.78, 5) is 22.0. The van der Waals surface area contributed by atoms with E-state index in [0.717, 1.165) is 15.3 Å². The van der Waals surface area contributed by atoms with Crippen LogP contribution in [0.4, 0.5) is 0 Å². The van der Waals surface area contributed by atoms with Gasteiger partial charge in [0.25, 0.3) is 5.56 Å². The molecule has 0 fully saturated rings. The van der Waals surface area contributed by atoms with Crippen molar-refractivity contribution >= 4 is 32.9 Å². The second-order valence-electron chi connectivity index (χ2n) is 5.50. The highest BCUT2D eigenvalue weighted by Gasteiger charge is 2.17. The SMILES string of the molecule is COC[C@@H](C)N[C@H](C)c1nc2scc(-c3cccs3)c2c(=O)[nH]1. The molecule has 0 aliphatic rings. The molecule has 0 saturated carbocycles. The van der Waals surface area contributed by atoms with Gasteiger partial charge in [-0.15, -0.1) is 22.7 Å². The van der Waals surface area contributed by atoms with Gasteiger partial charge in [-0.05, 0) is 25.3 Å². The molecule has 7 heteroatoms. The first kappa shape index (κ1) is 16.3. The fraction of sp³-hybridized carbons (Fsp3) is 0.375. The standard InChI is InChI=1S/C16H19N3O2S2/c1-9(7-21-3)17-10(2)14-18-15(20)13-11(8-23-16(13)19-14)12-5-4-6-22-12/h4-6,8-10,17H,7H2,1-3H3,(H,18,19,20)/t9-,10-/m1/s1. The topological polar surface area (TPSA) is 67.0 Å². The molecule has 3 aromatic heterocycles. The molecule has 3 heterocycles. The first-order valence-corrected chi connectivity index (χ1v) is 9.16. The molecule has 122 valence electrons. The van der Waals surface area contributed by atoms with Crippen molar-refractivity contribution in [2.45, 2.75) is 25.9 Å². The number of aromatic amines is 1. The second-order valence-corrected chi connectivity index (χ2v) is 7.31. The fourth-order valence-electron chi connectivity index (χ4n) is 2.59. The van der Waals surface area contributed by atoms with Crippen LogP contribution in [0.1, 0.15) is 25.7 Å². The molecule has 0 amide bonds. The third-order valence-corrected chi connectivity index (χ3v) is 5.39. The minimum atomic E-state index is -0.0808. The van der Waals surface area contributed by atoms with Crippen molar-refractivity contribution in [3.63, 3.8) is 0 Å². The molecule has 0 unspecified atom stereocenters. The maximum atomic E-state index is 12.6. The maximum absolute atomic E-state index is 12.6. The van der Waals surface area contributed by atoms with Crippen LogP contribution in [-0.2, 0) is 4.74 Å². The summed E-state index contributed by atoms with van der Waals surface area (Å²) in [5, 5.41) is 8.07. The van der Waals surface area contributed by atoms with Crippen LogP contribution >= 0.6 is 22.7 Å². The van der Waals surface area contributed by atoms with Gasteiger partial charge in [0.05, 0.1) is 18.0 Å². The van der Waals surface area contributed by atoms with Gasteiger partial charge in [-0.3, -0.25) is 4.79 Å². The van der Waals surface area contributed by atoms with Crippen molar-refractivity contribution in [2.24, 2.45) is 0 Å². The number of nitrogens with one attached hydrogen (secondary N) is 2. The summed E-state index contributed by atoms with van der Waals surface area (Å²) in [6.45, 7) is 4.64. The highest BCUT2D eigenvalue weighted by molar-refractivity contribution is 7.18. The first-order chi connectivity index (χ1) is 11.1. The van der Waals surface area contributed by atoms with Crippen LogP contribution in [0.2, 0.25) is 0 Å². The third kappa shape index (κ3) is 3.37. The Morgan fingerprint density at radius 3 is 2.91 bits per heavy atom. The number of methoxy groups -OCH3 is 1. The van der Waals surface area contributed by atoms with Gasteiger partial charge in [0.15, 0.2) is 0 Å². The average molecular weight is 349 g/mol. The Balaban J connectivity index is 1.95. The summed E-state index contributed by atoms with van der Waals surface area (Å²) in [7, 11) is 1.67. The predicted molar refractivity (Wildman–Crippen MR) is 96.4 cm³/mol. The highest BCUT2D eigenvalue weighted by Crippen LogP contribution is 2.33. The van der Waals surface area contributed by atoms with Crippen LogP contribution in [-0.4, -0.2) is 29.7 Å². The van der Waals surface area contributed by atoms with E-state index < -0.39 is 0 Å². The highest BCUT2D eigenvalue weighted by atomic mass is 32.1. The van der Waals surface area contributed by atoms with Gasteiger partial charge < -0.3 is 15.0 Å². The first-order valence-electron chi connectivity index (χ1n) is 7.40. The normalized spacial score (nSPS) is 14.2. The smallest absolute Gasteiger partial charge is 0.260 e. The molecule has 3 rings (SSSR count). The summed E-state index contributed by atoms with van der Waals surface area (Å²) in [6, 6.07) is 4.14. The maximum Gasteiger partial charge on any atom is 0.260 e. The molecule has 5 nitrogen and oxygen atoms in total. The molecular formula is C16H19N3O2S2. The van der Waals surface area contributed by atoms with Crippen LogP contribution in [0.25, 0.3) is 20.7 Å². The summed E-state index contributed by atoms with van der Waals surface area (Å²) in [6.07, 6.45) is 0. The van der Waals surface area contributed by atoms with Crippen LogP contribution in [0, 0.1) is 0 Å². The number of rotatable bonds is 6. The predicted octanol–water partition coefficient (Wildman–Crippen LogP) is 3.40. The van der Waals surface area contributed by atoms with Gasteiger partial charge in [-0.2, -0.15) is 0 Å². The van der Waals surface area contributed by atoms with Gasteiger partial charge in [0.1, 0.15) is 10.7 Å². The van der Waals surface area contributed by atoms with E-state index in [9.17, 15) is 4.79 Å². The molecule has 0 bridgehead atoms. The summed E-state index contributed by atoms with van der Waals surface area (Å²) >= 11 is 3.14. The Morgan fingerprint density at radius 2 is 2.22 bits per heavy atom. The Kier molecular flexibility index (Phi) is 4.91. The molecule has 0 aromatic carbocycles. The molecule has 3 aromatic rings. The molecule has 0 spiro atoms. The lowest BCUT2D eigenvalue weighted by Gasteiger charge is -2.18. The summed E-state index contributed by atoms with van der Waals surface area (Å²) in [5.41, 5.74) is 0.886. The lowest BCUT2D eigenvalue weighted by molar-refractivity contribution is 0.167. The molecular weight excluding hydrogens is 330 g/mol. The van der Waals surface area contributed by atoms with Crippen molar-refractivity contribution in [2.75, 3.05) is 13.7 Å². The van der Waals surface area contributed by atoms with Crippen molar-refractivity contribution in [1.82, 2.24) is 15.3 Å². The van der Waals surface area contributed by atoms with E-state index in [1.165, 1.54) is 11.3 Å². The van der Waals surface area contributed by atoms with Crippen molar-refractivity contribution in [3.05, 3.63) is 39.1 Å². The Hall–Kier alpha value is -1.54. The van der Waals surface area contributed by atoms with E-state index >= 15 is 0 Å². The van der Waals surface area contributed by atoms with E-state index in [-0.39, 0.29) is 17.6 Å². The minimum Gasteiger partial charge on any atom is -0.383 e. The fourth-order valence-corrected chi connectivity index (χ4v) is 4.36. The van der Waals surface area contributed by atoms with Crippen LogP contribution in [0.5, 0.6) is 0 Å². The number of fused-ring (bicyclic) bond motifs is 1. The van der Waals surface area contributed by atoms with Crippen molar-refractivity contribution < 1.29 is 4.74 Å². The zero-order chi connectivity index (χ0) is 16.4. The number of aromatic nitrogens is 2. The minimum absolute atomic E-state index is 0.0514. The van der Waals surface area contributed by atoms with Gasteiger partial charge in [0.2, 0.25) is 0 Å². The zero-order valence-corrected chi connectivity index (χ0v) is 14.9. The number of H-pyrrole nitrogens is 1. The number of ether oxygens (including phenoxy) is 1. The third-order valence-electron chi connectivity index (χ3n) is 3.61. The lowest BCUT2D eigenvalue weighted by atomic mass is 10.2. The molecule has 23 heavy (non-hydrogen) atoms. The number of nitrogens with zero attached hydrogens (tertiary/aromatic N) is 1. The summed E-state index contributed by atoms with van der Waals surface area (Å²) < 4.78 is 5.13. The Labute approximate surface area is 142 Å². The van der Waals surface area contributed by atoms with Gasteiger partial charge in [-0.1, -0.05) is 6.07 Å². The largest absolute Gasteiger partial charge is 0.383 e. The van der Waals surface area contributed by atoms with E-state index in [2.05, 4.69) is 15.3 Å². The average Bonchev–Trinajstić information content (AvgIpc) is 3.15. The quantitative estimate of drug-likeness (QED) is 0.716. The summed E-state index contributed by atoms with van der Waals surface area (Å²) in [5.74, 6) is 0.657. The van der Waals surface area contributed by atoms with Crippen LogP contribution in [0.3, 0.4) is 0 Å². The van der Waals surface area contributed by atoms with Crippen molar-refractivity contribution in [1.29, 1.82) is 0 Å². The van der Waals surface area contributed by atoms with Gasteiger partial charge in [-0.25, -0.2) is 4.98 Å². The lowest BCUT2D eigenvalue weighted by Crippen LogP contribution is -2.34. The van der Waals surface area contributed by atoms with E-state index in [0.29, 0.717) is 17.8 Å². The van der Waals surface area contributed by atoms with E-state index in [1.807, 2.05) is 36.7 Å². The number of hydrogen-bond acceptors (Lipinski definition) is 6. The number of thiophene rings is 2. The van der Waals surface area contributed by atoms with Gasteiger partial charge in [0, 0.05) is 29.0 Å². The Bertz CT molecular complexity index is 839. The zero-order valence-electron chi connectivity index (χ0n) is 13.3. The molecule has 0 aliphatic heterocycles. The monoisotopic (exact) mass is 349 g/mol. The second kappa shape index (κ2) is 6.92. The Morgan fingerprint density at radius 1 is 1.39 bits per heavy atom. The molecule has 0 radical (unpaired) electrons. The van der Waals surface area contributed by atoms with Crippen LogP contribution < -0.4 is 10.9 Å². The van der Waals surface area contributed by atoms with E-state index in [4.69, 9.17) is 4.74 Å². The molecule has 0 saturated heterocycles. The van der Waals surface area contributed by atoms with E-state index in [1.54, 1.807) is 18.4 Å². The van der Waals surface area contributed by atoms with Crippen LogP contribution in [0.15, 0.2) is 27.7 Å².